The van der Waals surface area contributed by atoms with E-state index in [1.54, 1.807) is 0 Å². The van der Waals surface area contributed by atoms with E-state index in [2.05, 4.69) is 6.92 Å². The molecule has 1 aliphatic rings. The van der Waals surface area contributed by atoms with Crippen LogP contribution in [0.5, 0.6) is 0 Å². The molecule has 1 saturated heterocycles. The van der Waals surface area contributed by atoms with E-state index in [0.29, 0.717) is 18.1 Å². The van der Waals surface area contributed by atoms with Gasteiger partial charge in [-0.25, -0.2) is 8.42 Å². The van der Waals surface area contributed by atoms with Crippen LogP contribution in [0.1, 0.15) is 64.7 Å². The third-order valence-electron chi connectivity index (χ3n) is 4.21. The summed E-state index contributed by atoms with van der Waals surface area (Å²) in [7, 11) is -2.80. The highest BCUT2D eigenvalue weighted by atomic mass is 32.2. The maximum absolute atomic E-state index is 11.6. The molecular weight excluding hydrogens is 246 g/mol. The largest absolute Gasteiger partial charge is 0.330 e. The van der Waals surface area contributed by atoms with Crippen molar-refractivity contribution in [2.45, 2.75) is 64.7 Å². The van der Waals surface area contributed by atoms with Crippen LogP contribution in [0.4, 0.5) is 0 Å². The number of unbranched alkanes of at least 4 members (excludes halogenated alkanes) is 6. The van der Waals surface area contributed by atoms with Crippen LogP contribution in [0.3, 0.4) is 0 Å². The Bertz CT molecular complexity index is 327. The van der Waals surface area contributed by atoms with Gasteiger partial charge in [0.05, 0.1) is 11.5 Å². The van der Waals surface area contributed by atoms with Crippen molar-refractivity contribution >= 4 is 9.84 Å². The smallest absolute Gasteiger partial charge is 0.150 e. The second-order valence-corrected chi connectivity index (χ2v) is 8.10. The van der Waals surface area contributed by atoms with Crippen molar-refractivity contribution in [3.8, 4) is 0 Å². The molecule has 0 aromatic heterocycles. The molecule has 0 spiro atoms. The lowest BCUT2D eigenvalue weighted by Gasteiger charge is -2.25. The average molecular weight is 275 g/mol. The van der Waals surface area contributed by atoms with Crippen molar-refractivity contribution in [3.63, 3.8) is 0 Å². The van der Waals surface area contributed by atoms with E-state index in [1.807, 2.05) is 0 Å². The van der Waals surface area contributed by atoms with Crippen LogP contribution in [0, 0.1) is 5.41 Å². The molecule has 0 bridgehead atoms. The first-order valence-electron chi connectivity index (χ1n) is 7.44. The van der Waals surface area contributed by atoms with Crippen molar-refractivity contribution in [3.05, 3.63) is 0 Å². The fraction of sp³-hybridized carbons (Fsp3) is 1.00. The summed E-state index contributed by atoms with van der Waals surface area (Å²) in [5.41, 5.74) is 5.71. The highest BCUT2D eigenvalue weighted by Gasteiger charge is 2.40. The van der Waals surface area contributed by atoms with Gasteiger partial charge in [-0.1, -0.05) is 51.9 Å². The molecule has 18 heavy (non-hydrogen) atoms. The SMILES string of the molecule is CCCCCCCCCC1(CN)CCS(=O)(=O)C1. The van der Waals surface area contributed by atoms with Crippen LogP contribution >= 0.6 is 0 Å². The minimum Gasteiger partial charge on any atom is -0.330 e. The third kappa shape index (κ3) is 5.27. The Morgan fingerprint density at radius 3 is 2.17 bits per heavy atom. The molecule has 0 aromatic rings. The highest BCUT2D eigenvalue weighted by Crippen LogP contribution is 2.36. The van der Waals surface area contributed by atoms with Gasteiger partial charge in [-0.05, 0) is 24.8 Å². The van der Waals surface area contributed by atoms with Crippen LogP contribution in [-0.2, 0) is 9.84 Å². The first-order chi connectivity index (χ1) is 8.54. The van der Waals surface area contributed by atoms with Crippen molar-refractivity contribution < 1.29 is 8.42 Å². The lowest BCUT2D eigenvalue weighted by molar-refractivity contribution is 0.304. The Hall–Kier alpha value is -0.0900. The molecule has 1 aliphatic heterocycles. The van der Waals surface area contributed by atoms with Gasteiger partial charge < -0.3 is 5.73 Å². The summed E-state index contributed by atoms with van der Waals surface area (Å²) in [6.07, 6.45) is 10.7. The van der Waals surface area contributed by atoms with Gasteiger partial charge in [0, 0.05) is 0 Å². The van der Waals surface area contributed by atoms with Gasteiger partial charge in [-0.2, -0.15) is 0 Å². The standard InChI is InChI=1S/C14H29NO2S/c1-2-3-4-5-6-7-8-9-14(12-15)10-11-18(16,17)13-14/h2-13,15H2,1H3. The molecule has 0 radical (unpaired) electrons. The van der Waals surface area contributed by atoms with Crippen molar-refractivity contribution in [1.82, 2.24) is 0 Å². The fourth-order valence-electron chi connectivity index (χ4n) is 2.90. The summed E-state index contributed by atoms with van der Waals surface area (Å²) >= 11 is 0. The summed E-state index contributed by atoms with van der Waals surface area (Å²) < 4.78 is 23.1. The van der Waals surface area contributed by atoms with Gasteiger partial charge in [0.1, 0.15) is 0 Å². The number of sulfone groups is 1. The van der Waals surface area contributed by atoms with E-state index in [1.165, 1.54) is 38.5 Å². The predicted octanol–water partition coefficient (Wildman–Crippen LogP) is 2.89. The van der Waals surface area contributed by atoms with Crippen molar-refractivity contribution in [2.24, 2.45) is 11.1 Å². The first-order valence-corrected chi connectivity index (χ1v) is 9.26. The number of hydrogen-bond acceptors (Lipinski definition) is 3. The zero-order chi connectivity index (χ0) is 13.5. The van der Waals surface area contributed by atoms with E-state index in [9.17, 15) is 8.42 Å². The molecule has 0 aromatic carbocycles. The van der Waals surface area contributed by atoms with Crippen LogP contribution in [0.2, 0.25) is 0 Å². The fourth-order valence-corrected chi connectivity index (χ4v) is 5.13. The zero-order valence-electron chi connectivity index (χ0n) is 11.8. The van der Waals surface area contributed by atoms with Crippen molar-refractivity contribution in [2.75, 3.05) is 18.1 Å². The van der Waals surface area contributed by atoms with E-state index >= 15 is 0 Å². The van der Waals surface area contributed by atoms with Gasteiger partial charge in [0.25, 0.3) is 0 Å². The van der Waals surface area contributed by atoms with E-state index in [4.69, 9.17) is 5.73 Å². The molecule has 2 N–H and O–H groups in total. The van der Waals surface area contributed by atoms with Gasteiger partial charge in [0.2, 0.25) is 0 Å². The molecule has 0 amide bonds. The highest BCUT2D eigenvalue weighted by molar-refractivity contribution is 7.91. The molecule has 0 saturated carbocycles. The normalized spacial score (nSPS) is 26.6. The lowest BCUT2D eigenvalue weighted by Crippen LogP contribution is -2.31. The van der Waals surface area contributed by atoms with Gasteiger partial charge >= 0.3 is 0 Å². The van der Waals surface area contributed by atoms with Crippen LogP contribution in [-0.4, -0.2) is 26.5 Å². The number of hydrogen-bond donors (Lipinski definition) is 1. The number of nitrogens with two attached hydrogens (primary N) is 1. The zero-order valence-corrected chi connectivity index (χ0v) is 12.6. The Labute approximate surface area is 112 Å². The average Bonchev–Trinajstić information content (AvgIpc) is 2.65. The Morgan fingerprint density at radius 1 is 1.06 bits per heavy atom. The predicted molar refractivity (Wildman–Crippen MR) is 77.4 cm³/mol. The molecule has 1 heterocycles. The molecular formula is C14H29NO2S. The lowest BCUT2D eigenvalue weighted by atomic mass is 9.82. The molecule has 1 atom stereocenters. The molecule has 4 heteroatoms. The van der Waals surface area contributed by atoms with Crippen LogP contribution in [0.15, 0.2) is 0 Å². The summed E-state index contributed by atoms with van der Waals surface area (Å²) in [5.74, 6) is 0.674. The summed E-state index contributed by atoms with van der Waals surface area (Å²) in [4.78, 5) is 0. The summed E-state index contributed by atoms with van der Waals surface area (Å²) in [6, 6.07) is 0. The minimum atomic E-state index is -2.80. The molecule has 1 rings (SSSR count). The summed E-state index contributed by atoms with van der Waals surface area (Å²) in [6.45, 7) is 2.76. The van der Waals surface area contributed by atoms with Gasteiger partial charge in [-0.3, -0.25) is 0 Å². The van der Waals surface area contributed by atoms with Crippen LogP contribution < -0.4 is 5.73 Å². The van der Waals surface area contributed by atoms with Gasteiger partial charge in [-0.15, -0.1) is 0 Å². The molecule has 108 valence electrons. The van der Waals surface area contributed by atoms with Gasteiger partial charge in [0.15, 0.2) is 9.84 Å². The van der Waals surface area contributed by atoms with Crippen LogP contribution in [0.25, 0.3) is 0 Å². The second kappa shape index (κ2) is 7.49. The molecule has 1 fully saturated rings. The topological polar surface area (TPSA) is 60.2 Å². The quantitative estimate of drug-likeness (QED) is 0.658. The molecule has 0 aliphatic carbocycles. The Balaban J connectivity index is 2.17. The van der Waals surface area contributed by atoms with E-state index < -0.39 is 9.84 Å². The molecule has 3 nitrogen and oxygen atoms in total. The van der Waals surface area contributed by atoms with Crippen molar-refractivity contribution in [1.29, 1.82) is 0 Å². The second-order valence-electron chi connectivity index (χ2n) is 5.92. The first kappa shape index (κ1) is 16.0. The maximum Gasteiger partial charge on any atom is 0.150 e. The number of rotatable bonds is 9. The third-order valence-corrected chi connectivity index (χ3v) is 6.09. The minimum absolute atomic E-state index is 0.0950. The monoisotopic (exact) mass is 275 g/mol. The maximum atomic E-state index is 11.6. The van der Waals surface area contributed by atoms with E-state index in [0.717, 1.165) is 19.3 Å². The Kier molecular flexibility index (Phi) is 6.64. The Morgan fingerprint density at radius 2 is 1.67 bits per heavy atom. The summed E-state index contributed by atoms with van der Waals surface area (Å²) in [5, 5.41) is 0. The van der Waals surface area contributed by atoms with E-state index in [-0.39, 0.29) is 5.41 Å². The molecule has 1 unspecified atom stereocenters.